The maximum atomic E-state index is 4.23. The molecule has 1 aromatic rings. The Morgan fingerprint density at radius 3 is 2.58 bits per heavy atom. The van der Waals surface area contributed by atoms with Crippen molar-refractivity contribution >= 4 is 0 Å². The number of aryl methyl sites for hydroxylation is 1. The summed E-state index contributed by atoms with van der Waals surface area (Å²) in [5.41, 5.74) is 2.78. The summed E-state index contributed by atoms with van der Waals surface area (Å²) >= 11 is 0. The molecule has 2 heteroatoms. The number of hydrogen-bond acceptors (Lipinski definition) is 2. The number of aromatic nitrogens is 1. The van der Waals surface area contributed by atoms with Gasteiger partial charge in [-0.25, -0.2) is 0 Å². The van der Waals surface area contributed by atoms with Crippen LogP contribution in [0.1, 0.15) is 63.1 Å². The number of nitrogens with zero attached hydrogens (tertiary/aromatic N) is 1. The van der Waals surface area contributed by atoms with E-state index in [4.69, 9.17) is 0 Å². The van der Waals surface area contributed by atoms with Crippen LogP contribution in [0.15, 0.2) is 18.5 Å². The highest BCUT2D eigenvalue weighted by molar-refractivity contribution is 5.26. The van der Waals surface area contributed by atoms with Crippen LogP contribution in [0.4, 0.5) is 0 Å². The molecule has 106 valence electrons. The first-order valence-corrected chi connectivity index (χ1v) is 7.90. The van der Waals surface area contributed by atoms with Gasteiger partial charge in [0.1, 0.15) is 0 Å². The van der Waals surface area contributed by atoms with Crippen LogP contribution in [0.5, 0.6) is 0 Å². The van der Waals surface area contributed by atoms with Gasteiger partial charge < -0.3 is 5.32 Å². The zero-order valence-electron chi connectivity index (χ0n) is 12.7. The summed E-state index contributed by atoms with van der Waals surface area (Å²) in [5.74, 6) is 1.76. The largest absolute Gasteiger partial charge is 0.310 e. The minimum absolute atomic E-state index is 0.519. The predicted octanol–water partition coefficient (Wildman–Crippen LogP) is 4.26. The highest BCUT2D eigenvalue weighted by atomic mass is 14.9. The molecule has 1 N–H and O–H groups in total. The van der Waals surface area contributed by atoms with Crippen LogP contribution >= 0.6 is 0 Å². The fourth-order valence-corrected chi connectivity index (χ4v) is 3.51. The highest BCUT2D eigenvalue weighted by Gasteiger charge is 2.28. The quantitative estimate of drug-likeness (QED) is 0.855. The van der Waals surface area contributed by atoms with E-state index in [2.05, 4.69) is 37.1 Å². The summed E-state index contributed by atoms with van der Waals surface area (Å²) in [4.78, 5) is 4.23. The fraction of sp³-hybridized carbons (Fsp3) is 0.706. The second-order valence-corrected chi connectivity index (χ2v) is 5.96. The average molecular weight is 260 g/mol. The van der Waals surface area contributed by atoms with Gasteiger partial charge in [-0.2, -0.15) is 0 Å². The third-order valence-corrected chi connectivity index (χ3v) is 4.76. The number of rotatable bonds is 5. The van der Waals surface area contributed by atoms with E-state index in [1.165, 1.54) is 43.2 Å². The van der Waals surface area contributed by atoms with Crippen molar-refractivity contribution in [1.29, 1.82) is 0 Å². The molecule has 19 heavy (non-hydrogen) atoms. The van der Waals surface area contributed by atoms with Crippen molar-refractivity contribution < 1.29 is 0 Å². The first-order chi connectivity index (χ1) is 9.26. The molecule has 0 bridgehead atoms. The smallest absolute Gasteiger partial charge is 0.0352 e. The first kappa shape index (κ1) is 14.5. The molecule has 1 aliphatic carbocycles. The van der Waals surface area contributed by atoms with Gasteiger partial charge in [0.2, 0.25) is 0 Å². The Kier molecular flexibility index (Phi) is 5.38. The molecule has 2 rings (SSSR count). The van der Waals surface area contributed by atoms with E-state index < -0.39 is 0 Å². The Labute approximate surface area is 118 Å². The van der Waals surface area contributed by atoms with E-state index in [1.54, 1.807) is 0 Å². The molecule has 1 heterocycles. The summed E-state index contributed by atoms with van der Waals surface area (Å²) in [6.07, 6.45) is 10.9. The van der Waals surface area contributed by atoms with Crippen LogP contribution in [0.25, 0.3) is 0 Å². The number of pyridine rings is 1. The van der Waals surface area contributed by atoms with Gasteiger partial charge in [-0.05, 0) is 55.3 Å². The molecular weight excluding hydrogens is 232 g/mol. The lowest BCUT2D eigenvalue weighted by atomic mass is 9.75. The second-order valence-electron chi connectivity index (χ2n) is 5.96. The molecule has 0 amide bonds. The van der Waals surface area contributed by atoms with Crippen LogP contribution in [0, 0.1) is 18.8 Å². The van der Waals surface area contributed by atoms with E-state index in [9.17, 15) is 0 Å². The van der Waals surface area contributed by atoms with Crippen molar-refractivity contribution in [2.75, 3.05) is 6.54 Å². The van der Waals surface area contributed by atoms with Crippen molar-refractivity contribution in [3.63, 3.8) is 0 Å². The SMILES string of the molecule is CCNC(c1ccncc1C)C1CCC(CC)CC1. The molecule has 1 saturated carbocycles. The molecule has 0 saturated heterocycles. The van der Waals surface area contributed by atoms with Crippen molar-refractivity contribution in [2.45, 2.75) is 58.9 Å². The predicted molar refractivity (Wildman–Crippen MR) is 81.1 cm³/mol. The van der Waals surface area contributed by atoms with Crippen LogP contribution in [-0.4, -0.2) is 11.5 Å². The minimum atomic E-state index is 0.519. The van der Waals surface area contributed by atoms with Crippen molar-refractivity contribution in [3.05, 3.63) is 29.6 Å². The highest BCUT2D eigenvalue weighted by Crippen LogP contribution is 2.38. The van der Waals surface area contributed by atoms with Gasteiger partial charge in [0.25, 0.3) is 0 Å². The lowest BCUT2D eigenvalue weighted by molar-refractivity contribution is 0.219. The van der Waals surface area contributed by atoms with Gasteiger partial charge in [0.05, 0.1) is 0 Å². The fourth-order valence-electron chi connectivity index (χ4n) is 3.51. The Hall–Kier alpha value is -0.890. The van der Waals surface area contributed by atoms with Crippen LogP contribution in [0.3, 0.4) is 0 Å². The summed E-state index contributed by atoms with van der Waals surface area (Å²) in [6.45, 7) is 7.77. The van der Waals surface area contributed by atoms with Crippen molar-refractivity contribution in [1.82, 2.24) is 10.3 Å². The minimum Gasteiger partial charge on any atom is -0.310 e. The van der Waals surface area contributed by atoms with E-state index in [-0.39, 0.29) is 0 Å². The Morgan fingerprint density at radius 1 is 1.26 bits per heavy atom. The first-order valence-electron chi connectivity index (χ1n) is 7.90. The third kappa shape index (κ3) is 3.56. The second kappa shape index (κ2) is 7.04. The molecular formula is C17H28N2. The Morgan fingerprint density at radius 2 is 2.00 bits per heavy atom. The van der Waals surface area contributed by atoms with Crippen LogP contribution in [0.2, 0.25) is 0 Å². The van der Waals surface area contributed by atoms with Gasteiger partial charge in [0.15, 0.2) is 0 Å². The van der Waals surface area contributed by atoms with Crippen LogP contribution < -0.4 is 5.32 Å². The summed E-state index contributed by atoms with van der Waals surface area (Å²) < 4.78 is 0. The number of hydrogen-bond donors (Lipinski definition) is 1. The molecule has 1 aromatic heterocycles. The van der Waals surface area contributed by atoms with Crippen molar-refractivity contribution in [2.24, 2.45) is 11.8 Å². The van der Waals surface area contributed by atoms with Gasteiger partial charge in [-0.1, -0.05) is 33.1 Å². The van der Waals surface area contributed by atoms with Gasteiger partial charge >= 0.3 is 0 Å². The molecule has 0 aliphatic heterocycles. The van der Waals surface area contributed by atoms with Gasteiger partial charge in [-0.15, -0.1) is 0 Å². The molecule has 0 aromatic carbocycles. The lowest BCUT2D eigenvalue weighted by Gasteiger charge is -2.35. The molecule has 0 radical (unpaired) electrons. The van der Waals surface area contributed by atoms with Crippen molar-refractivity contribution in [3.8, 4) is 0 Å². The zero-order valence-corrected chi connectivity index (χ0v) is 12.7. The van der Waals surface area contributed by atoms with E-state index in [1.807, 2.05) is 12.4 Å². The Bertz CT molecular complexity index is 381. The topological polar surface area (TPSA) is 24.9 Å². The summed E-state index contributed by atoms with van der Waals surface area (Å²) in [7, 11) is 0. The maximum absolute atomic E-state index is 4.23. The van der Waals surface area contributed by atoms with E-state index in [0.29, 0.717) is 6.04 Å². The average Bonchev–Trinajstić information content (AvgIpc) is 2.46. The van der Waals surface area contributed by atoms with Gasteiger partial charge in [-0.3, -0.25) is 4.98 Å². The van der Waals surface area contributed by atoms with Crippen LogP contribution in [-0.2, 0) is 0 Å². The van der Waals surface area contributed by atoms with E-state index in [0.717, 1.165) is 18.4 Å². The van der Waals surface area contributed by atoms with E-state index >= 15 is 0 Å². The van der Waals surface area contributed by atoms with Gasteiger partial charge in [0, 0.05) is 18.4 Å². The molecule has 1 aliphatic rings. The Balaban J connectivity index is 2.10. The molecule has 2 nitrogen and oxygen atoms in total. The third-order valence-electron chi connectivity index (χ3n) is 4.76. The summed E-state index contributed by atoms with van der Waals surface area (Å²) in [5, 5.41) is 3.71. The summed E-state index contributed by atoms with van der Waals surface area (Å²) in [6, 6.07) is 2.72. The molecule has 0 spiro atoms. The molecule has 1 unspecified atom stereocenters. The number of nitrogens with one attached hydrogen (secondary N) is 1. The normalized spacial score (nSPS) is 25.2. The zero-order chi connectivity index (χ0) is 13.7. The standard InChI is InChI=1S/C17H28N2/c1-4-14-6-8-15(9-7-14)17(19-5-2)16-10-11-18-12-13(16)3/h10-12,14-15,17,19H,4-9H2,1-3H3. The monoisotopic (exact) mass is 260 g/mol. The molecule has 1 atom stereocenters. The maximum Gasteiger partial charge on any atom is 0.0352 e. The molecule has 1 fully saturated rings. The lowest BCUT2D eigenvalue weighted by Crippen LogP contribution is -2.31.